The van der Waals surface area contributed by atoms with Gasteiger partial charge in [-0.2, -0.15) is 0 Å². The zero-order valence-electron chi connectivity index (χ0n) is 11.1. The third-order valence-electron chi connectivity index (χ3n) is 3.21. The Morgan fingerprint density at radius 1 is 1.42 bits per heavy atom. The Bertz CT molecular complexity index is 441. The second-order valence-electron chi connectivity index (χ2n) is 4.58. The quantitative estimate of drug-likeness (QED) is 0.872. The molecule has 1 fully saturated rings. The molecule has 0 amide bonds. The number of morpholine rings is 1. The van der Waals surface area contributed by atoms with E-state index in [0.29, 0.717) is 12.2 Å². The summed E-state index contributed by atoms with van der Waals surface area (Å²) < 4.78 is 10.9. The number of aromatic carboxylic acids is 1. The van der Waals surface area contributed by atoms with Crippen molar-refractivity contribution in [3.63, 3.8) is 0 Å². The monoisotopic (exact) mass is 265 g/mol. The molecule has 19 heavy (non-hydrogen) atoms. The first-order valence-corrected chi connectivity index (χ1v) is 6.43. The second kappa shape index (κ2) is 6.54. The van der Waals surface area contributed by atoms with Crippen molar-refractivity contribution in [3.8, 4) is 5.75 Å². The van der Waals surface area contributed by atoms with Crippen LogP contribution in [0.3, 0.4) is 0 Å². The molecule has 0 saturated carbocycles. The third-order valence-corrected chi connectivity index (χ3v) is 3.21. The third kappa shape index (κ3) is 3.94. The minimum absolute atomic E-state index is 0.320. The Balaban J connectivity index is 1.82. The molecule has 5 heteroatoms. The van der Waals surface area contributed by atoms with E-state index in [4.69, 9.17) is 14.6 Å². The number of hydrogen-bond donors (Lipinski definition) is 1. The van der Waals surface area contributed by atoms with Crippen molar-refractivity contribution in [1.29, 1.82) is 0 Å². The van der Waals surface area contributed by atoms with E-state index < -0.39 is 5.97 Å². The standard InChI is InChI=1S/C14H19NO4/c1-11-10-12(2-3-13(11)14(16)17)19-9-6-15-4-7-18-8-5-15/h2-3,10H,4-9H2,1H3,(H,16,17). The number of carboxylic acid groups (broad SMARTS) is 1. The van der Waals surface area contributed by atoms with E-state index in [1.807, 2.05) is 0 Å². The highest BCUT2D eigenvalue weighted by Crippen LogP contribution is 2.17. The van der Waals surface area contributed by atoms with Crippen molar-refractivity contribution >= 4 is 5.97 Å². The topological polar surface area (TPSA) is 59.0 Å². The Morgan fingerprint density at radius 3 is 2.79 bits per heavy atom. The van der Waals surface area contributed by atoms with Crippen LogP contribution in [0.25, 0.3) is 0 Å². The Labute approximate surface area is 112 Å². The predicted octanol–water partition coefficient (Wildman–Crippen LogP) is 1.40. The van der Waals surface area contributed by atoms with Gasteiger partial charge in [0.1, 0.15) is 12.4 Å². The number of nitrogens with zero attached hydrogens (tertiary/aromatic N) is 1. The van der Waals surface area contributed by atoms with E-state index in [2.05, 4.69) is 4.90 Å². The van der Waals surface area contributed by atoms with E-state index >= 15 is 0 Å². The maximum absolute atomic E-state index is 10.9. The minimum atomic E-state index is -0.905. The average molecular weight is 265 g/mol. The number of aryl methyl sites for hydroxylation is 1. The van der Waals surface area contributed by atoms with Crippen molar-refractivity contribution in [3.05, 3.63) is 29.3 Å². The first-order chi connectivity index (χ1) is 9.16. The van der Waals surface area contributed by atoms with Crippen LogP contribution in [0, 0.1) is 6.92 Å². The lowest BCUT2D eigenvalue weighted by atomic mass is 10.1. The molecule has 104 valence electrons. The highest BCUT2D eigenvalue weighted by molar-refractivity contribution is 5.89. The number of ether oxygens (including phenoxy) is 2. The zero-order chi connectivity index (χ0) is 13.7. The van der Waals surface area contributed by atoms with Gasteiger partial charge in [0.25, 0.3) is 0 Å². The van der Waals surface area contributed by atoms with Gasteiger partial charge in [0, 0.05) is 19.6 Å². The smallest absolute Gasteiger partial charge is 0.335 e. The number of carbonyl (C=O) groups is 1. The normalized spacial score (nSPS) is 16.3. The maximum Gasteiger partial charge on any atom is 0.335 e. The average Bonchev–Trinajstić information content (AvgIpc) is 2.39. The molecular weight excluding hydrogens is 246 g/mol. The molecular formula is C14H19NO4. The lowest BCUT2D eigenvalue weighted by Crippen LogP contribution is -2.38. The van der Waals surface area contributed by atoms with E-state index in [0.717, 1.165) is 44.2 Å². The summed E-state index contributed by atoms with van der Waals surface area (Å²) in [6, 6.07) is 5.06. The Hall–Kier alpha value is -1.59. The van der Waals surface area contributed by atoms with Crippen LogP contribution in [0.2, 0.25) is 0 Å². The summed E-state index contributed by atoms with van der Waals surface area (Å²) in [7, 11) is 0. The summed E-state index contributed by atoms with van der Waals surface area (Å²) in [5.74, 6) is -0.187. The van der Waals surface area contributed by atoms with Gasteiger partial charge in [-0.3, -0.25) is 4.90 Å². The fourth-order valence-electron chi connectivity index (χ4n) is 2.08. The van der Waals surface area contributed by atoms with E-state index in [9.17, 15) is 4.79 Å². The first-order valence-electron chi connectivity index (χ1n) is 6.43. The van der Waals surface area contributed by atoms with Crippen molar-refractivity contribution in [2.24, 2.45) is 0 Å². The highest BCUT2D eigenvalue weighted by Gasteiger charge is 2.10. The summed E-state index contributed by atoms with van der Waals surface area (Å²) in [5, 5.41) is 8.94. The molecule has 0 spiro atoms. The summed E-state index contributed by atoms with van der Waals surface area (Å²) in [4.78, 5) is 13.2. The maximum atomic E-state index is 10.9. The fraction of sp³-hybridized carbons (Fsp3) is 0.500. The molecule has 0 radical (unpaired) electrons. The summed E-state index contributed by atoms with van der Waals surface area (Å²) in [6.45, 7) is 6.70. The molecule has 0 aromatic heterocycles. The zero-order valence-corrected chi connectivity index (χ0v) is 11.1. The van der Waals surface area contributed by atoms with Crippen LogP contribution in [0.4, 0.5) is 0 Å². The molecule has 5 nitrogen and oxygen atoms in total. The molecule has 0 atom stereocenters. The summed E-state index contributed by atoms with van der Waals surface area (Å²) >= 11 is 0. The van der Waals surface area contributed by atoms with Gasteiger partial charge in [-0.15, -0.1) is 0 Å². The largest absolute Gasteiger partial charge is 0.492 e. The number of carboxylic acids is 1. The Morgan fingerprint density at radius 2 is 2.16 bits per heavy atom. The van der Waals surface area contributed by atoms with Crippen LogP contribution in [-0.2, 0) is 4.74 Å². The van der Waals surface area contributed by atoms with Crippen LogP contribution in [0.5, 0.6) is 5.75 Å². The van der Waals surface area contributed by atoms with Crippen LogP contribution < -0.4 is 4.74 Å². The number of rotatable bonds is 5. The molecule has 0 bridgehead atoms. The lowest BCUT2D eigenvalue weighted by molar-refractivity contribution is 0.0322. The van der Waals surface area contributed by atoms with Gasteiger partial charge in [0.05, 0.1) is 18.8 Å². The molecule has 1 aromatic rings. The lowest BCUT2D eigenvalue weighted by Gasteiger charge is -2.26. The molecule has 1 aromatic carbocycles. The molecule has 1 N–H and O–H groups in total. The van der Waals surface area contributed by atoms with Crippen molar-refractivity contribution in [2.75, 3.05) is 39.5 Å². The van der Waals surface area contributed by atoms with Gasteiger partial charge in [-0.1, -0.05) is 0 Å². The van der Waals surface area contributed by atoms with Crippen LogP contribution in [-0.4, -0.2) is 55.4 Å². The molecule has 2 rings (SSSR count). The van der Waals surface area contributed by atoms with E-state index in [1.165, 1.54) is 0 Å². The van der Waals surface area contributed by atoms with Crippen molar-refractivity contribution in [1.82, 2.24) is 4.90 Å². The van der Waals surface area contributed by atoms with E-state index in [-0.39, 0.29) is 0 Å². The van der Waals surface area contributed by atoms with Crippen molar-refractivity contribution in [2.45, 2.75) is 6.92 Å². The summed E-state index contributed by atoms with van der Waals surface area (Å²) in [5.41, 5.74) is 1.04. The molecule has 1 aliphatic heterocycles. The molecule has 1 saturated heterocycles. The van der Waals surface area contributed by atoms with E-state index in [1.54, 1.807) is 25.1 Å². The predicted molar refractivity (Wildman–Crippen MR) is 70.9 cm³/mol. The van der Waals surface area contributed by atoms with Gasteiger partial charge in [-0.25, -0.2) is 4.79 Å². The van der Waals surface area contributed by atoms with Crippen LogP contribution in [0.1, 0.15) is 15.9 Å². The van der Waals surface area contributed by atoms with Crippen molar-refractivity contribution < 1.29 is 19.4 Å². The second-order valence-corrected chi connectivity index (χ2v) is 4.58. The van der Waals surface area contributed by atoms with Crippen LogP contribution >= 0.6 is 0 Å². The van der Waals surface area contributed by atoms with Gasteiger partial charge in [0.2, 0.25) is 0 Å². The molecule has 1 aliphatic rings. The number of benzene rings is 1. The minimum Gasteiger partial charge on any atom is -0.492 e. The number of hydrogen-bond acceptors (Lipinski definition) is 4. The van der Waals surface area contributed by atoms with Gasteiger partial charge < -0.3 is 14.6 Å². The van der Waals surface area contributed by atoms with Gasteiger partial charge in [-0.05, 0) is 30.7 Å². The van der Waals surface area contributed by atoms with Gasteiger partial charge >= 0.3 is 5.97 Å². The fourth-order valence-corrected chi connectivity index (χ4v) is 2.08. The SMILES string of the molecule is Cc1cc(OCCN2CCOCC2)ccc1C(=O)O. The Kier molecular flexibility index (Phi) is 4.76. The van der Waals surface area contributed by atoms with Gasteiger partial charge in [0.15, 0.2) is 0 Å². The summed E-state index contributed by atoms with van der Waals surface area (Å²) in [6.07, 6.45) is 0. The highest BCUT2D eigenvalue weighted by atomic mass is 16.5. The molecule has 0 unspecified atom stereocenters. The first kappa shape index (κ1) is 13.8. The molecule has 0 aliphatic carbocycles. The van der Waals surface area contributed by atoms with Crippen LogP contribution in [0.15, 0.2) is 18.2 Å². The molecule has 1 heterocycles.